The molecule has 23 heavy (non-hydrogen) atoms. The lowest BCUT2D eigenvalue weighted by atomic mass is 10.4. The lowest BCUT2D eigenvalue weighted by Crippen LogP contribution is -2.41. The van der Waals surface area contributed by atoms with Gasteiger partial charge in [-0.1, -0.05) is 6.42 Å². The van der Waals surface area contributed by atoms with Gasteiger partial charge in [0.1, 0.15) is 6.10 Å². The van der Waals surface area contributed by atoms with Gasteiger partial charge in [-0.25, -0.2) is 0 Å². The highest BCUT2D eigenvalue weighted by atomic mass is 28.4. The van der Waals surface area contributed by atoms with Crippen molar-refractivity contribution < 1.29 is 18.0 Å². The van der Waals surface area contributed by atoms with Crippen LogP contribution in [-0.4, -0.2) is 58.2 Å². The fourth-order valence-corrected chi connectivity index (χ4v) is 15.9. The zero-order valence-corrected chi connectivity index (χ0v) is 18.7. The van der Waals surface area contributed by atoms with E-state index in [1.54, 1.807) is 0 Å². The monoisotopic (exact) mass is 376 g/mol. The Labute approximate surface area is 146 Å². The van der Waals surface area contributed by atoms with E-state index in [1.165, 1.54) is 37.0 Å². The second-order valence-corrected chi connectivity index (χ2v) is 19.5. The van der Waals surface area contributed by atoms with Crippen LogP contribution in [-0.2, 0) is 18.0 Å². The predicted molar refractivity (Wildman–Crippen MR) is 103 cm³/mol. The Balaban J connectivity index is 1.56. The molecule has 0 N–H and O–H groups in total. The van der Waals surface area contributed by atoms with Gasteiger partial charge >= 0.3 is 0 Å². The minimum absolute atomic E-state index is 0.386. The summed E-state index contributed by atoms with van der Waals surface area (Å²) in [6, 6.07) is 5.18. The van der Waals surface area contributed by atoms with Gasteiger partial charge in [0.2, 0.25) is 0 Å². The van der Waals surface area contributed by atoms with Gasteiger partial charge in [-0.05, 0) is 63.2 Å². The van der Waals surface area contributed by atoms with Crippen LogP contribution >= 0.6 is 0 Å². The maximum absolute atomic E-state index is 6.58. The van der Waals surface area contributed by atoms with Crippen molar-refractivity contribution in [2.45, 2.75) is 75.7 Å². The van der Waals surface area contributed by atoms with Gasteiger partial charge < -0.3 is 18.0 Å². The Hall–Kier alpha value is 0.491. The molecule has 0 spiro atoms. The number of rotatable bonds is 11. The van der Waals surface area contributed by atoms with Gasteiger partial charge in [-0.3, -0.25) is 0 Å². The third-order valence-corrected chi connectivity index (χ3v) is 16.0. The number of hydrogen-bond acceptors (Lipinski definition) is 4. The Morgan fingerprint density at radius 3 is 2.74 bits per heavy atom. The molecule has 3 atom stereocenters. The van der Waals surface area contributed by atoms with Crippen LogP contribution in [0.15, 0.2) is 0 Å². The highest BCUT2D eigenvalue weighted by molar-refractivity contribution is 6.79. The molecule has 0 bridgehead atoms. The first-order valence-electron chi connectivity index (χ1n) is 9.40. The van der Waals surface area contributed by atoms with Gasteiger partial charge in [0.15, 0.2) is 25.7 Å². The Kier molecular flexibility index (Phi) is 7.98. The lowest BCUT2D eigenvalue weighted by Gasteiger charge is -2.33. The minimum Gasteiger partial charge on any atom is -0.458 e. The molecule has 4 nitrogen and oxygen atoms in total. The van der Waals surface area contributed by atoms with Gasteiger partial charge in [0.25, 0.3) is 0 Å². The molecular formula is C16H36O4Si3. The van der Waals surface area contributed by atoms with Crippen molar-refractivity contribution in [3.63, 3.8) is 0 Å². The SMILES string of the molecule is C[SiH](CC[Si]1(C)CCCCO1)O[Si](C)(C)CCCOCC1CO1. The summed E-state index contributed by atoms with van der Waals surface area (Å²) in [5.41, 5.74) is 0. The van der Waals surface area contributed by atoms with Crippen LogP contribution in [0.4, 0.5) is 0 Å². The smallest absolute Gasteiger partial charge is 0.189 e. The van der Waals surface area contributed by atoms with E-state index in [1.807, 2.05) is 0 Å². The van der Waals surface area contributed by atoms with Crippen molar-refractivity contribution in [1.82, 2.24) is 0 Å². The van der Waals surface area contributed by atoms with Crippen molar-refractivity contribution in [2.24, 2.45) is 0 Å². The van der Waals surface area contributed by atoms with Crippen LogP contribution in [0.2, 0.25) is 50.4 Å². The van der Waals surface area contributed by atoms with E-state index < -0.39 is 25.7 Å². The standard InChI is InChI=1S/C16H36O4Si3/c1-21(10-13-23(4)12-6-5-9-19-23)20-22(2,3)11-7-8-17-14-16-15-18-16/h16,21H,5-15H2,1-4H3. The molecule has 2 saturated heterocycles. The minimum atomic E-state index is -1.51. The molecule has 0 aromatic carbocycles. The first-order chi connectivity index (χ1) is 10.9. The molecule has 0 aromatic rings. The molecule has 7 heteroatoms. The van der Waals surface area contributed by atoms with Crippen LogP contribution in [0, 0.1) is 0 Å². The summed E-state index contributed by atoms with van der Waals surface area (Å²) in [7, 11) is -3.94. The van der Waals surface area contributed by atoms with E-state index in [0.717, 1.165) is 32.8 Å². The van der Waals surface area contributed by atoms with Gasteiger partial charge in [-0.15, -0.1) is 0 Å². The molecule has 2 heterocycles. The molecule has 2 aliphatic rings. The Bertz CT molecular complexity index is 344. The number of hydrogen-bond donors (Lipinski definition) is 0. The third kappa shape index (κ3) is 8.42. The second kappa shape index (κ2) is 9.26. The summed E-state index contributed by atoms with van der Waals surface area (Å²) >= 11 is 0. The van der Waals surface area contributed by atoms with Crippen molar-refractivity contribution >= 4 is 25.7 Å². The van der Waals surface area contributed by atoms with Gasteiger partial charge in [0, 0.05) is 13.2 Å². The molecule has 0 amide bonds. The van der Waals surface area contributed by atoms with E-state index >= 15 is 0 Å². The van der Waals surface area contributed by atoms with Crippen LogP contribution < -0.4 is 0 Å². The summed E-state index contributed by atoms with van der Waals surface area (Å²) in [5, 5.41) is 0. The lowest BCUT2D eigenvalue weighted by molar-refractivity contribution is 0.116. The summed E-state index contributed by atoms with van der Waals surface area (Å²) in [6.45, 7) is 13.1. The van der Waals surface area contributed by atoms with E-state index in [2.05, 4.69) is 26.2 Å². The van der Waals surface area contributed by atoms with Crippen LogP contribution in [0.25, 0.3) is 0 Å². The molecule has 136 valence electrons. The second-order valence-electron chi connectivity index (χ2n) is 8.12. The number of ether oxygens (including phenoxy) is 2. The topological polar surface area (TPSA) is 40.2 Å². The van der Waals surface area contributed by atoms with Gasteiger partial charge in [0.05, 0.1) is 13.2 Å². The predicted octanol–water partition coefficient (Wildman–Crippen LogP) is 3.75. The van der Waals surface area contributed by atoms with E-state index in [-0.39, 0.29) is 0 Å². The molecular weight excluding hydrogens is 340 g/mol. The molecule has 0 saturated carbocycles. The largest absolute Gasteiger partial charge is 0.458 e. The third-order valence-electron chi connectivity index (χ3n) is 4.92. The highest BCUT2D eigenvalue weighted by Crippen LogP contribution is 2.28. The van der Waals surface area contributed by atoms with E-state index in [0.29, 0.717) is 6.10 Å². The van der Waals surface area contributed by atoms with Gasteiger partial charge in [-0.2, -0.15) is 0 Å². The Morgan fingerprint density at radius 2 is 2.09 bits per heavy atom. The first kappa shape index (κ1) is 19.8. The summed E-state index contributed by atoms with van der Waals surface area (Å²) < 4.78 is 23.5. The highest BCUT2D eigenvalue weighted by Gasteiger charge is 2.33. The summed E-state index contributed by atoms with van der Waals surface area (Å²) in [6.07, 6.45) is 4.16. The maximum atomic E-state index is 6.58. The van der Waals surface area contributed by atoms with Crippen molar-refractivity contribution in [3.8, 4) is 0 Å². The fourth-order valence-electron chi connectivity index (χ4n) is 3.34. The maximum Gasteiger partial charge on any atom is 0.189 e. The van der Waals surface area contributed by atoms with E-state index in [4.69, 9.17) is 18.0 Å². The average Bonchev–Trinajstić information content (AvgIpc) is 3.29. The zero-order chi connectivity index (χ0) is 16.8. The zero-order valence-electron chi connectivity index (χ0n) is 15.6. The Morgan fingerprint density at radius 1 is 1.30 bits per heavy atom. The molecule has 0 aromatic heterocycles. The average molecular weight is 377 g/mol. The number of epoxide rings is 1. The molecule has 3 unspecified atom stereocenters. The molecule has 2 aliphatic heterocycles. The van der Waals surface area contributed by atoms with Crippen molar-refractivity contribution in [3.05, 3.63) is 0 Å². The van der Waals surface area contributed by atoms with Crippen LogP contribution in [0.5, 0.6) is 0 Å². The normalized spacial score (nSPS) is 29.5. The summed E-state index contributed by atoms with van der Waals surface area (Å²) in [4.78, 5) is 0. The van der Waals surface area contributed by atoms with Crippen molar-refractivity contribution in [1.29, 1.82) is 0 Å². The molecule has 0 radical (unpaired) electrons. The molecule has 2 rings (SSSR count). The quantitative estimate of drug-likeness (QED) is 0.313. The van der Waals surface area contributed by atoms with Crippen molar-refractivity contribution in [2.75, 3.05) is 26.4 Å². The van der Waals surface area contributed by atoms with E-state index in [9.17, 15) is 0 Å². The van der Waals surface area contributed by atoms with Crippen LogP contribution in [0.3, 0.4) is 0 Å². The fraction of sp³-hybridized carbons (Fsp3) is 1.00. The summed E-state index contributed by atoms with van der Waals surface area (Å²) in [5.74, 6) is 0. The first-order valence-corrected chi connectivity index (χ1v) is 17.8. The molecule has 2 fully saturated rings. The van der Waals surface area contributed by atoms with Crippen LogP contribution in [0.1, 0.15) is 19.3 Å². The molecule has 0 aliphatic carbocycles.